The fraction of sp³-hybridized carbons (Fsp3) is 0.688. The maximum absolute atomic E-state index is 12.1. The van der Waals surface area contributed by atoms with Crippen molar-refractivity contribution in [1.29, 1.82) is 0 Å². The lowest BCUT2D eigenvalue weighted by atomic mass is 10.1. The highest BCUT2D eigenvalue weighted by molar-refractivity contribution is 5.92. The summed E-state index contributed by atoms with van der Waals surface area (Å²) >= 11 is 0. The molecule has 0 bridgehead atoms. The molecule has 134 valence electrons. The van der Waals surface area contributed by atoms with E-state index in [9.17, 15) is 9.59 Å². The van der Waals surface area contributed by atoms with Gasteiger partial charge in [0.05, 0.1) is 25.5 Å². The van der Waals surface area contributed by atoms with Gasteiger partial charge >= 0.3 is 6.09 Å². The number of rotatable bonds is 5. The normalized spacial score (nSPS) is 14.9. The molecule has 8 nitrogen and oxygen atoms in total. The molecular formula is C16H26N4O4. The number of nitrogens with one attached hydrogen (secondary N) is 1. The van der Waals surface area contributed by atoms with E-state index in [2.05, 4.69) is 10.4 Å². The second kappa shape index (κ2) is 7.21. The molecule has 1 N–H and O–H groups in total. The van der Waals surface area contributed by atoms with Crippen molar-refractivity contribution in [3.63, 3.8) is 0 Å². The van der Waals surface area contributed by atoms with Crippen molar-refractivity contribution < 1.29 is 19.1 Å². The predicted molar refractivity (Wildman–Crippen MR) is 87.6 cm³/mol. The molecule has 0 aliphatic carbocycles. The summed E-state index contributed by atoms with van der Waals surface area (Å²) in [4.78, 5) is 25.4. The molecule has 2 amide bonds. The van der Waals surface area contributed by atoms with Crippen LogP contribution in [-0.2, 0) is 22.6 Å². The number of alkyl carbamates (subject to hydrolysis) is 1. The highest BCUT2D eigenvalue weighted by Crippen LogP contribution is 2.16. The molecule has 0 spiro atoms. The van der Waals surface area contributed by atoms with Crippen molar-refractivity contribution in [3.8, 4) is 0 Å². The Labute approximate surface area is 142 Å². The maximum Gasteiger partial charge on any atom is 0.407 e. The van der Waals surface area contributed by atoms with Gasteiger partial charge in [-0.2, -0.15) is 5.10 Å². The second-order valence-electron chi connectivity index (χ2n) is 7.16. The molecule has 24 heavy (non-hydrogen) atoms. The smallest absolute Gasteiger partial charge is 0.407 e. The molecule has 1 saturated heterocycles. The summed E-state index contributed by atoms with van der Waals surface area (Å²) in [5, 5.41) is 7.09. The molecule has 8 heteroatoms. The van der Waals surface area contributed by atoms with E-state index in [0.717, 1.165) is 5.69 Å². The van der Waals surface area contributed by atoms with E-state index in [1.807, 2.05) is 0 Å². The van der Waals surface area contributed by atoms with Crippen molar-refractivity contribution in [1.82, 2.24) is 20.0 Å². The average molecular weight is 338 g/mol. The first-order valence-electron chi connectivity index (χ1n) is 7.98. The molecule has 0 aromatic carbocycles. The van der Waals surface area contributed by atoms with Crippen LogP contribution in [0.3, 0.4) is 0 Å². The van der Waals surface area contributed by atoms with Crippen molar-refractivity contribution in [2.75, 3.05) is 27.3 Å². The first-order valence-corrected chi connectivity index (χ1v) is 7.98. The molecule has 1 aliphatic heterocycles. The van der Waals surface area contributed by atoms with Gasteiger partial charge in [-0.25, -0.2) is 4.79 Å². The van der Waals surface area contributed by atoms with Crippen LogP contribution in [0.2, 0.25) is 0 Å². The van der Waals surface area contributed by atoms with E-state index in [1.165, 1.54) is 4.90 Å². The van der Waals surface area contributed by atoms with Gasteiger partial charge in [-0.3, -0.25) is 9.48 Å². The minimum Gasteiger partial charge on any atom is -0.444 e. The van der Waals surface area contributed by atoms with Crippen molar-refractivity contribution in [3.05, 3.63) is 17.5 Å². The van der Waals surface area contributed by atoms with Crippen LogP contribution in [0.15, 0.2) is 6.07 Å². The van der Waals surface area contributed by atoms with Crippen LogP contribution in [0.4, 0.5) is 4.79 Å². The van der Waals surface area contributed by atoms with Crippen molar-refractivity contribution >= 4 is 12.0 Å². The fourth-order valence-corrected chi connectivity index (χ4v) is 2.20. The molecule has 0 unspecified atom stereocenters. The Morgan fingerprint density at radius 3 is 2.58 bits per heavy atom. The zero-order valence-electron chi connectivity index (χ0n) is 15.0. The molecule has 0 atom stereocenters. The van der Waals surface area contributed by atoms with E-state index in [1.54, 1.807) is 45.6 Å². The molecular weight excluding hydrogens is 312 g/mol. The van der Waals surface area contributed by atoms with Crippen molar-refractivity contribution in [2.24, 2.45) is 5.92 Å². The van der Waals surface area contributed by atoms with Crippen LogP contribution in [0.25, 0.3) is 0 Å². The highest BCUT2D eigenvalue weighted by Gasteiger charge is 2.23. The van der Waals surface area contributed by atoms with Gasteiger partial charge in [0.2, 0.25) is 0 Å². The molecule has 1 aromatic heterocycles. The SMILES string of the molecule is CN(C)C(=O)c1cc(CNC(=O)OC(C)(C)C)n(CC2COC2)n1. The van der Waals surface area contributed by atoms with Crippen LogP contribution >= 0.6 is 0 Å². The number of carbonyl (C=O) groups is 2. The lowest BCUT2D eigenvalue weighted by molar-refractivity contribution is -0.0412. The van der Waals surface area contributed by atoms with Crippen LogP contribution in [0.1, 0.15) is 37.0 Å². The second-order valence-corrected chi connectivity index (χ2v) is 7.16. The van der Waals surface area contributed by atoms with E-state index >= 15 is 0 Å². The number of hydrogen-bond acceptors (Lipinski definition) is 5. The standard InChI is InChI=1S/C16H26N4O4/c1-16(2,3)24-15(22)17-7-12-6-13(14(21)19(4)5)18-20(12)8-11-9-23-10-11/h6,11H,7-10H2,1-5H3,(H,17,22). The van der Waals surface area contributed by atoms with Crippen LogP contribution in [0, 0.1) is 5.92 Å². The molecule has 1 fully saturated rings. The number of amides is 2. The van der Waals surface area contributed by atoms with Gasteiger partial charge in [0.25, 0.3) is 5.91 Å². The summed E-state index contributed by atoms with van der Waals surface area (Å²) in [7, 11) is 3.36. The summed E-state index contributed by atoms with van der Waals surface area (Å²) < 4.78 is 12.2. The molecule has 2 rings (SSSR count). The maximum atomic E-state index is 12.1. The molecule has 2 heterocycles. The zero-order valence-corrected chi connectivity index (χ0v) is 15.0. The number of aromatic nitrogens is 2. The molecule has 0 saturated carbocycles. The lowest BCUT2D eigenvalue weighted by Crippen LogP contribution is -2.34. The number of carbonyl (C=O) groups excluding carboxylic acids is 2. The van der Waals surface area contributed by atoms with Gasteiger partial charge in [-0.1, -0.05) is 0 Å². The van der Waals surface area contributed by atoms with Gasteiger partial charge in [0.15, 0.2) is 5.69 Å². The van der Waals surface area contributed by atoms with Gasteiger partial charge in [-0.05, 0) is 26.8 Å². The first-order chi connectivity index (χ1) is 11.2. The summed E-state index contributed by atoms with van der Waals surface area (Å²) in [5.74, 6) is 0.213. The number of nitrogens with zero attached hydrogens (tertiary/aromatic N) is 3. The third-order valence-electron chi connectivity index (χ3n) is 3.44. The zero-order chi connectivity index (χ0) is 17.9. The first kappa shape index (κ1) is 18.3. The van der Waals surface area contributed by atoms with Gasteiger partial charge in [0, 0.05) is 26.6 Å². The summed E-state index contributed by atoms with van der Waals surface area (Å²) in [6.45, 7) is 7.71. The quantitative estimate of drug-likeness (QED) is 0.873. The third-order valence-corrected chi connectivity index (χ3v) is 3.44. The summed E-state index contributed by atoms with van der Waals surface area (Å²) in [6.07, 6.45) is -0.497. The Hall–Kier alpha value is -2.09. The largest absolute Gasteiger partial charge is 0.444 e. The Kier molecular flexibility index (Phi) is 5.48. The Morgan fingerprint density at radius 1 is 1.42 bits per heavy atom. The minimum absolute atomic E-state index is 0.169. The lowest BCUT2D eigenvalue weighted by Gasteiger charge is -2.26. The van der Waals surface area contributed by atoms with E-state index in [4.69, 9.17) is 9.47 Å². The number of hydrogen-bond donors (Lipinski definition) is 1. The van der Waals surface area contributed by atoms with Gasteiger partial charge < -0.3 is 19.7 Å². The Bertz CT molecular complexity index is 600. The predicted octanol–water partition coefficient (Wildman–Crippen LogP) is 1.26. The van der Waals surface area contributed by atoms with E-state index in [0.29, 0.717) is 31.4 Å². The monoisotopic (exact) mass is 338 g/mol. The third kappa shape index (κ3) is 4.95. The van der Waals surface area contributed by atoms with Crippen molar-refractivity contribution in [2.45, 2.75) is 39.5 Å². The van der Waals surface area contributed by atoms with Crippen LogP contribution < -0.4 is 5.32 Å². The highest BCUT2D eigenvalue weighted by atomic mass is 16.6. The van der Waals surface area contributed by atoms with Gasteiger partial charge in [0.1, 0.15) is 5.60 Å². The average Bonchev–Trinajstić information content (AvgIpc) is 2.80. The van der Waals surface area contributed by atoms with Crippen LogP contribution in [0.5, 0.6) is 0 Å². The molecule has 0 radical (unpaired) electrons. The molecule has 1 aromatic rings. The van der Waals surface area contributed by atoms with E-state index in [-0.39, 0.29) is 12.5 Å². The topological polar surface area (TPSA) is 85.7 Å². The Balaban J connectivity index is 2.07. The van der Waals surface area contributed by atoms with Crippen LogP contribution in [-0.4, -0.2) is 59.6 Å². The summed E-state index contributed by atoms with van der Waals surface area (Å²) in [5.41, 5.74) is 0.568. The van der Waals surface area contributed by atoms with Gasteiger partial charge in [-0.15, -0.1) is 0 Å². The summed E-state index contributed by atoms with van der Waals surface area (Å²) in [6, 6.07) is 1.71. The number of ether oxygens (including phenoxy) is 2. The minimum atomic E-state index is -0.556. The van der Waals surface area contributed by atoms with E-state index < -0.39 is 11.7 Å². The fourth-order valence-electron chi connectivity index (χ4n) is 2.20. The Morgan fingerprint density at radius 2 is 2.08 bits per heavy atom. The molecule has 1 aliphatic rings.